The van der Waals surface area contributed by atoms with Crippen molar-refractivity contribution in [2.24, 2.45) is 13.0 Å². The minimum absolute atomic E-state index is 0.0890. The molecule has 0 aliphatic heterocycles. The number of hydrogen-bond acceptors (Lipinski definition) is 4. The molecule has 5 nitrogen and oxygen atoms in total. The minimum atomic E-state index is 0.0890. The van der Waals surface area contributed by atoms with Crippen molar-refractivity contribution >= 4 is 0 Å². The predicted octanol–water partition coefficient (Wildman–Crippen LogP) is 0.828. The van der Waals surface area contributed by atoms with Gasteiger partial charge in [-0.1, -0.05) is 13.8 Å². The highest BCUT2D eigenvalue weighted by atomic mass is 16.5. The molecule has 1 N–H and O–H groups in total. The maximum atomic E-state index is 5.51. The van der Waals surface area contributed by atoms with Crippen LogP contribution in [0.15, 0.2) is 6.33 Å². The van der Waals surface area contributed by atoms with Crippen molar-refractivity contribution in [3.63, 3.8) is 0 Å². The van der Waals surface area contributed by atoms with Crippen LogP contribution in [0, 0.1) is 5.92 Å². The zero-order chi connectivity index (χ0) is 11.3. The summed E-state index contributed by atoms with van der Waals surface area (Å²) in [6.07, 6.45) is 1.72. The first-order chi connectivity index (χ1) is 7.08. The third-order valence-electron chi connectivity index (χ3n) is 1.87. The van der Waals surface area contributed by atoms with Gasteiger partial charge in [0.25, 0.3) is 0 Å². The van der Waals surface area contributed by atoms with Crippen LogP contribution in [0.4, 0.5) is 0 Å². The van der Waals surface area contributed by atoms with Crippen molar-refractivity contribution in [1.29, 1.82) is 0 Å². The van der Waals surface area contributed by atoms with Gasteiger partial charge in [-0.3, -0.25) is 4.68 Å². The molecule has 1 unspecified atom stereocenters. The van der Waals surface area contributed by atoms with E-state index in [0.29, 0.717) is 11.9 Å². The molecule has 86 valence electrons. The van der Waals surface area contributed by atoms with Crippen LogP contribution >= 0.6 is 0 Å². The molecule has 0 radical (unpaired) electrons. The fourth-order valence-electron chi connectivity index (χ4n) is 1.17. The summed E-state index contributed by atoms with van der Waals surface area (Å²) >= 11 is 0. The molecule has 1 atom stereocenters. The molecule has 0 spiro atoms. The molecule has 0 saturated heterocycles. The highest BCUT2D eigenvalue weighted by Gasteiger charge is 2.06. The summed E-state index contributed by atoms with van der Waals surface area (Å²) in [7, 11) is 1.82. The first kappa shape index (κ1) is 12.0. The molecule has 0 bridgehead atoms. The summed E-state index contributed by atoms with van der Waals surface area (Å²) < 4.78 is 7.14. The second kappa shape index (κ2) is 5.70. The van der Waals surface area contributed by atoms with Crippen molar-refractivity contribution in [2.75, 3.05) is 13.1 Å². The molecule has 1 heterocycles. The first-order valence-electron chi connectivity index (χ1n) is 5.31. The Kier molecular flexibility index (Phi) is 4.55. The van der Waals surface area contributed by atoms with Gasteiger partial charge in [-0.15, -0.1) is 5.10 Å². The van der Waals surface area contributed by atoms with Crippen LogP contribution in [-0.4, -0.2) is 34.0 Å². The first-order valence-corrected chi connectivity index (χ1v) is 5.31. The molecule has 0 amide bonds. The summed E-state index contributed by atoms with van der Waals surface area (Å²) in [5.41, 5.74) is 0. The number of aromatic nitrogens is 3. The Morgan fingerprint density at radius 1 is 1.40 bits per heavy atom. The van der Waals surface area contributed by atoms with E-state index in [1.165, 1.54) is 0 Å². The average molecular weight is 212 g/mol. The topological polar surface area (TPSA) is 52.0 Å². The SMILES string of the molecule is CC(C)CNCC(C)Oc1ncn(C)n1. The van der Waals surface area contributed by atoms with E-state index >= 15 is 0 Å². The van der Waals surface area contributed by atoms with Gasteiger partial charge in [0, 0.05) is 13.6 Å². The third kappa shape index (κ3) is 4.78. The second-order valence-electron chi connectivity index (χ2n) is 4.18. The van der Waals surface area contributed by atoms with Gasteiger partial charge < -0.3 is 10.1 Å². The van der Waals surface area contributed by atoms with Gasteiger partial charge in [-0.05, 0) is 19.4 Å². The normalized spacial score (nSPS) is 13.1. The molecule has 5 heteroatoms. The lowest BCUT2D eigenvalue weighted by Crippen LogP contribution is -2.31. The van der Waals surface area contributed by atoms with Crippen LogP contribution in [0.3, 0.4) is 0 Å². The van der Waals surface area contributed by atoms with E-state index in [-0.39, 0.29) is 6.10 Å². The zero-order valence-corrected chi connectivity index (χ0v) is 9.90. The van der Waals surface area contributed by atoms with Crippen LogP contribution in [0.1, 0.15) is 20.8 Å². The molecule has 0 saturated carbocycles. The van der Waals surface area contributed by atoms with Crippen LogP contribution in [0.25, 0.3) is 0 Å². The van der Waals surface area contributed by atoms with Gasteiger partial charge >= 0.3 is 6.01 Å². The van der Waals surface area contributed by atoms with Crippen LogP contribution < -0.4 is 10.1 Å². The second-order valence-corrected chi connectivity index (χ2v) is 4.18. The Morgan fingerprint density at radius 2 is 2.13 bits per heavy atom. The average Bonchev–Trinajstić information content (AvgIpc) is 2.50. The van der Waals surface area contributed by atoms with Crippen molar-refractivity contribution in [1.82, 2.24) is 20.1 Å². The van der Waals surface area contributed by atoms with Crippen LogP contribution in [0.2, 0.25) is 0 Å². The Hall–Kier alpha value is -1.10. The number of hydrogen-bond donors (Lipinski definition) is 1. The quantitative estimate of drug-likeness (QED) is 0.759. The molecule has 0 fully saturated rings. The van der Waals surface area contributed by atoms with Gasteiger partial charge in [-0.25, -0.2) is 0 Å². The molecule has 0 aliphatic carbocycles. The lowest BCUT2D eigenvalue weighted by molar-refractivity contribution is 0.198. The Balaban J connectivity index is 2.21. The van der Waals surface area contributed by atoms with Crippen molar-refractivity contribution in [3.05, 3.63) is 6.33 Å². The van der Waals surface area contributed by atoms with Crippen LogP contribution in [0.5, 0.6) is 6.01 Å². The summed E-state index contributed by atoms with van der Waals surface area (Å²) in [4.78, 5) is 4.00. The van der Waals surface area contributed by atoms with E-state index in [2.05, 4.69) is 29.2 Å². The van der Waals surface area contributed by atoms with E-state index in [9.17, 15) is 0 Å². The lowest BCUT2D eigenvalue weighted by atomic mass is 10.2. The molecular weight excluding hydrogens is 192 g/mol. The Morgan fingerprint density at radius 3 is 2.67 bits per heavy atom. The summed E-state index contributed by atoms with van der Waals surface area (Å²) in [6, 6.07) is 0.441. The highest BCUT2D eigenvalue weighted by molar-refractivity contribution is 4.88. The molecule has 15 heavy (non-hydrogen) atoms. The Bertz CT molecular complexity index is 285. The fraction of sp³-hybridized carbons (Fsp3) is 0.800. The van der Waals surface area contributed by atoms with E-state index in [1.807, 2.05) is 14.0 Å². The molecule has 0 aliphatic rings. The molecule has 1 aromatic heterocycles. The standard InChI is InChI=1S/C10H20N4O/c1-8(2)5-11-6-9(3)15-10-12-7-14(4)13-10/h7-9,11H,5-6H2,1-4H3. The molecule has 0 aromatic carbocycles. The minimum Gasteiger partial charge on any atom is -0.458 e. The summed E-state index contributed by atoms with van der Waals surface area (Å²) in [5.74, 6) is 0.658. The van der Waals surface area contributed by atoms with E-state index in [1.54, 1.807) is 11.0 Å². The number of nitrogens with zero attached hydrogens (tertiary/aromatic N) is 3. The van der Waals surface area contributed by atoms with Gasteiger partial charge in [0.1, 0.15) is 12.4 Å². The fourth-order valence-corrected chi connectivity index (χ4v) is 1.17. The van der Waals surface area contributed by atoms with Gasteiger partial charge in [0.2, 0.25) is 0 Å². The zero-order valence-electron chi connectivity index (χ0n) is 9.90. The van der Waals surface area contributed by atoms with E-state index in [0.717, 1.165) is 13.1 Å². The maximum absolute atomic E-state index is 5.51. The summed E-state index contributed by atoms with van der Waals surface area (Å²) in [5, 5.41) is 7.37. The number of aryl methyl sites for hydroxylation is 1. The highest BCUT2D eigenvalue weighted by Crippen LogP contribution is 2.01. The number of nitrogens with one attached hydrogen (secondary N) is 1. The predicted molar refractivity (Wildman–Crippen MR) is 58.8 cm³/mol. The molecule has 1 rings (SSSR count). The summed E-state index contributed by atoms with van der Waals surface area (Å²) in [6.45, 7) is 8.18. The number of rotatable bonds is 6. The van der Waals surface area contributed by atoms with Gasteiger partial charge in [0.15, 0.2) is 0 Å². The lowest BCUT2D eigenvalue weighted by Gasteiger charge is -2.13. The van der Waals surface area contributed by atoms with E-state index < -0.39 is 0 Å². The van der Waals surface area contributed by atoms with Crippen LogP contribution in [-0.2, 0) is 7.05 Å². The Labute approximate surface area is 90.8 Å². The van der Waals surface area contributed by atoms with E-state index in [4.69, 9.17) is 4.74 Å². The molecular formula is C10H20N4O. The smallest absolute Gasteiger partial charge is 0.335 e. The maximum Gasteiger partial charge on any atom is 0.335 e. The van der Waals surface area contributed by atoms with Crippen molar-refractivity contribution in [3.8, 4) is 6.01 Å². The number of ether oxygens (including phenoxy) is 1. The largest absolute Gasteiger partial charge is 0.458 e. The molecule has 1 aromatic rings. The van der Waals surface area contributed by atoms with Crippen molar-refractivity contribution in [2.45, 2.75) is 26.9 Å². The van der Waals surface area contributed by atoms with Gasteiger partial charge in [0.05, 0.1) is 0 Å². The monoisotopic (exact) mass is 212 g/mol. The van der Waals surface area contributed by atoms with Gasteiger partial charge in [-0.2, -0.15) is 4.98 Å². The third-order valence-corrected chi connectivity index (χ3v) is 1.87. The van der Waals surface area contributed by atoms with Crippen molar-refractivity contribution < 1.29 is 4.74 Å².